The van der Waals surface area contributed by atoms with Gasteiger partial charge < -0.3 is 19.7 Å². The second-order valence-corrected chi connectivity index (χ2v) is 4.65. The van der Waals surface area contributed by atoms with Crippen molar-refractivity contribution in [3.8, 4) is 11.5 Å². The summed E-state index contributed by atoms with van der Waals surface area (Å²) in [5.74, 6) is 1.28. The molecule has 0 unspecified atom stereocenters. The van der Waals surface area contributed by atoms with E-state index in [-0.39, 0.29) is 24.4 Å². The maximum atomic E-state index is 12.5. The van der Waals surface area contributed by atoms with Crippen LogP contribution < -0.4 is 14.8 Å². The summed E-state index contributed by atoms with van der Waals surface area (Å²) in [6.45, 7) is 4.42. The molecule has 1 aliphatic rings. The van der Waals surface area contributed by atoms with Crippen molar-refractivity contribution in [1.29, 1.82) is 0 Å². The zero-order valence-corrected chi connectivity index (χ0v) is 12.8. The molecular weight excluding hydrogens is 280 g/mol. The van der Waals surface area contributed by atoms with E-state index < -0.39 is 0 Å². The van der Waals surface area contributed by atoms with Crippen molar-refractivity contribution < 1.29 is 14.3 Å². The lowest BCUT2D eigenvalue weighted by molar-refractivity contribution is 0.0655. The van der Waals surface area contributed by atoms with E-state index in [1.54, 1.807) is 32.4 Å². The average Bonchev–Trinajstić information content (AvgIpc) is 2.46. The average molecular weight is 301 g/mol. The highest BCUT2D eigenvalue weighted by Crippen LogP contribution is 2.24. The Labute approximate surface area is 125 Å². The highest BCUT2D eigenvalue weighted by molar-refractivity contribution is 5.95. The minimum atomic E-state index is 0. The third-order valence-electron chi connectivity index (χ3n) is 3.36. The molecular formula is C14H21ClN2O3. The summed E-state index contributed by atoms with van der Waals surface area (Å²) in [6, 6.07) is 5.45. The van der Waals surface area contributed by atoms with Gasteiger partial charge in [-0.1, -0.05) is 0 Å². The van der Waals surface area contributed by atoms with Gasteiger partial charge in [0.2, 0.25) is 0 Å². The van der Waals surface area contributed by atoms with E-state index in [2.05, 4.69) is 5.32 Å². The van der Waals surface area contributed by atoms with Gasteiger partial charge in [0, 0.05) is 37.3 Å². The first-order chi connectivity index (χ1) is 9.15. The molecule has 1 amide bonds. The Balaban J connectivity index is 0.00000200. The standard InChI is InChI=1S/C14H20N2O3.ClH/c1-10-9-15-4-5-16(10)14(17)11-6-12(18-2)8-13(7-11)19-3;/h6-8,10,15H,4-5,9H2,1-3H3;1H/t10-;/m1./s1. The molecule has 20 heavy (non-hydrogen) atoms. The van der Waals surface area contributed by atoms with Gasteiger partial charge in [0.05, 0.1) is 14.2 Å². The summed E-state index contributed by atoms with van der Waals surface area (Å²) in [6.07, 6.45) is 0. The normalized spacial score (nSPS) is 18.1. The van der Waals surface area contributed by atoms with Crippen LogP contribution in [-0.4, -0.2) is 50.7 Å². The highest BCUT2D eigenvalue weighted by Gasteiger charge is 2.24. The Bertz CT molecular complexity index is 445. The molecule has 0 radical (unpaired) electrons. The lowest BCUT2D eigenvalue weighted by Crippen LogP contribution is -2.52. The monoisotopic (exact) mass is 300 g/mol. The van der Waals surface area contributed by atoms with Crippen LogP contribution in [0, 0.1) is 0 Å². The Hall–Kier alpha value is -1.46. The Kier molecular flexibility index (Phi) is 6.10. The van der Waals surface area contributed by atoms with Crippen molar-refractivity contribution in [2.45, 2.75) is 13.0 Å². The molecule has 0 spiro atoms. The topological polar surface area (TPSA) is 50.8 Å². The van der Waals surface area contributed by atoms with Gasteiger partial charge in [0.15, 0.2) is 0 Å². The third kappa shape index (κ3) is 3.55. The van der Waals surface area contributed by atoms with Crippen molar-refractivity contribution in [2.75, 3.05) is 33.9 Å². The van der Waals surface area contributed by atoms with Gasteiger partial charge in [0.25, 0.3) is 5.91 Å². The molecule has 0 aromatic heterocycles. The first-order valence-electron chi connectivity index (χ1n) is 6.40. The van der Waals surface area contributed by atoms with Gasteiger partial charge in [-0.05, 0) is 19.1 Å². The predicted molar refractivity (Wildman–Crippen MR) is 80.2 cm³/mol. The second-order valence-electron chi connectivity index (χ2n) is 4.65. The molecule has 112 valence electrons. The minimum Gasteiger partial charge on any atom is -0.497 e. The van der Waals surface area contributed by atoms with E-state index in [1.807, 2.05) is 11.8 Å². The van der Waals surface area contributed by atoms with Crippen LogP contribution in [0.15, 0.2) is 18.2 Å². The van der Waals surface area contributed by atoms with Crippen LogP contribution in [0.2, 0.25) is 0 Å². The second kappa shape index (κ2) is 7.36. The number of carbonyl (C=O) groups excluding carboxylic acids is 1. The lowest BCUT2D eigenvalue weighted by Gasteiger charge is -2.34. The molecule has 0 bridgehead atoms. The summed E-state index contributed by atoms with van der Waals surface area (Å²) in [5.41, 5.74) is 0.602. The van der Waals surface area contributed by atoms with Crippen LogP contribution >= 0.6 is 12.4 Å². The third-order valence-corrected chi connectivity index (χ3v) is 3.36. The molecule has 1 aromatic rings. The SMILES string of the molecule is COc1cc(OC)cc(C(=O)N2CCNC[C@H]2C)c1.Cl. The Morgan fingerprint density at radius 2 is 1.85 bits per heavy atom. The summed E-state index contributed by atoms with van der Waals surface area (Å²) < 4.78 is 10.4. The van der Waals surface area contributed by atoms with Gasteiger partial charge in [0.1, 0.15) is 11.5 Å². The highest BCUT2D eigenvalue weighted by atomic mass is 35.5. The number of ether oxygens (including phenoxy) is 2. The van der Waals surface area contributed by atoms with Gasteiger partial charge in [-0.25, -0.2) is 0 Å². The van der Waals surface area contributed by atoms with Crippen LogP contribution in [0.3, 0.4) is 0 Å². The molecule has 1 aromatic carbocycles. The van der Waals surface area contributed by atoms with Crippen molar-refractivity contribution >= 4 is 18.3 Å². The zero-order valence-electron chi connectivity index (χ0n) is 12.0. The molecule has 1 atom stereocenters. The number of hydrogen-bond donors (Lipinski definition) is 1. The van der Waals surface area contributed by atoms with Gasteiger partial charge in [-0.2, -0.15) is 0 Å². The van der Waals surface area contributed by atoms with E-state index >= 15 is 0 Å². The maximum Gasteiger partial charge on any atom is 0.254 e. The van der Waals surface area contributed by atoms with Crippen molar-refractivity contribution in [3.63, 3.8) is 0 Å². The molecule has 1 N–H and O–H groups in total. The molecule has 1 heterocycles. The van der Waals surface area contributed by atoms with E-state index in [9.17, 15) is 4.79 Å². The van der Waals surface area contributed by atoms with Crippen molar-refractivity contribution in [1.82, 2.24) is 10.2 Å². The number of amides is 1. The predicted octanol–water partition coefficient (Wildman–Crippen LogP) is 1.56. The van der Waals surface area contributed by atoms with Crippen molar-refractivity contribution in [3.05, 3.63) is 23.8 Å². The molecule has 6 heteroatoms. The van der Waals surface area contributed by atoms with E-state index in [0.29, 0.717) is 17.1 Å². The minimum absolute atomic E-state index is 0. The number of piperazine rings is 1. The quantitative estimate of drug-likeness (QED) is 0.920. The van der Waals surface area contributed by atoms with E-state index in [0.717, 1.165) is 19.6 Å². The number of nitrogens with one attached hydrogen (secondary N) is 1. The number of carbonyl (C=O) groups is 1. The molecule has 0 saturated carbocycles. The molecule has 1 aliphatic heterocycles. The van der Waals surface area contributed by atoms with Gasteiger partial charge in [-0.3, -0.25) is 4.79 Å². The number of benzene rings is 1. The van der Waals surface area contributed by atoms with Crippen LogP contribution in [0.25, 0.3) is 0 Å². The summed E-state index contributed by atoms with van der Waals surface area (Å²) in [7, 11) is 3.16. The summed E-state index contributed by atoms with van der Waals surface area (Å²) in [5, 5.41) is 3.27. The number of hydrogen-bond acceptors (Lipinski definition) is 4. The van der Waals surface area contributed by atoms with Crippen molar-refractivity contribution in [2.24, 2.45) is 0 Å². The molecule has 1 fully saturated rings. The molecule has 5 nitrogen and oxygen atoms in total. The van der Waals surface area contributed by atoms with E-state index in [4.69, 9.17) is 9.47 Å². The van der Waals surface area contributed by atoms with Gasteiger partial charge in [-0.15, -0.1) is 12.4 Å². The Morgan fingerprint density at radius 3 is 2.35 bits per heavy atom. The number of halogens is 1. The van der Waals surface area contributed by atoms with Crippen LogP contribution in [-0.2, 0) is 0 Å². The van der Waals surface area contributed by atoms with Crippen LogP contribution in [0.1, 0.15) is 17.3 Å². The maximum absolute atomic E-state index is 12.5. The fourth-order valence-electron chi connectivity index (χ4n) is 2.24. The van der Waals surface area contributed by atoms with E-state index in [1.165, 1.54) is 0 Å². The largest absolute Gasteiger partial charge is 0.497 e. The fourth-order valence-corrected chi connectivity index (χ4v) is 2.24. The fraction of sp³-hybridized carbons (Fsp3) is 0.500. The number of rotatable bonds is 3. The summed E-state index contributed by atoms with van der Waals surface area (Å²) >= 11 is 0. The first kappa shape index (κ1) is 16.6. The van der Waals surface area contributed by atoms with Crippen LogP contribution in [0.4, 0.5) is 0 Å². The number of methoxy groups -OCH3 is 2. The molecule has 0 aliphatic carbocycles. The zero-order chi connectivity index (χ0) is 13.8. The Morgan fingerprint density at radius 1 is 1.25 bits per heavy atom. The smallest absolute Gasteiger partial charge is 0.254 e. The lowest BCUT2D eigenvalue weighted by atomic mass is 10.1. The molecule has 1 saturated heterocycles. The van der Waals surface area contributed by atoms with Crippen LogP contribution in [0.5, 0.6) is 11.5 Å². The first-order valence-corrected chi connectivity index (χ1v) is 6.40. The summed E-state index contributed by atoms with van der Waals surface area (Å²) in [4.78, 5) is 14.4. The van der Waals surface area contributed by atoms with Gasteiger partial charge >= 0.3 is 0 Å². The number of nitrogens with zero attached hydrogens (tertiary/aromatic N) is 1. The molecule has 2 rings (SSSR count).